The summed E-state index contributed by atoms with van der Waals surface area (Å²) in [6.45, 7) is 10.6. The number of benzene rings is 1. The van der Waals surface area contributed by atoms with Crippen molar-refractivity contribution in [2.45, 2.75) is 64.4 Å². The summed E-state index contributed by atoms with van der Waals surface area (Å²) in [7, 11) is -3.62. The van der Waals surface area contributed by atoms with E-state index in [2.05, 4.69) is 24.1 Å². The van der Waals surface area contributed by atoms with Crippen molar-refractivity contribution in [2.75, 3.05) is 25.0 Å². The molecule has 0 saturated carbocycles. The average Bonchev–Trinajstić information content (AvgIpc) is 3.16. The quantitative estimate of drug-likeness (QED) is 0.469. The molecule has 0 saturated heterocycles. The Kier molecular flexibility index (Phi) is 10.3. The van der Waals surface area contributed by atoms with E-state index in [0.29, 0.717) is 48.2 Å². The molecule has 0 spiro atoms. The fourth-order valence-electron chi connectivity index (χ4n) is 4.17. The van der Waals surface area contributed by atoms with Gasteiger partial charge < -0.3 is 11.1 Å². The van der Waals surface area contributed by atoms with Gasteiger partial charge in [0.15, 0.2) is 0 Å². The van der Waals surface area contributed by atoms with E-state index in [1.807, 2.05) is 13.8 Å². The van der Waals surface area contributed by atoms with Crippen LogP contribution >= 0.6 is 23.7 Å². The van der Waals surface area contributed by atoms with Gasteiger partial charge in [-0.05, 0) is 62.9 Å². The van der Waals surface area contributed by atoms with Crippen LogP contribution in [0.4, 0.5) is 5.00 Å². The second-order valence-electron chi connectivity index (χ2n) is 8.77. The number of amides is 2. The molecule has 3 N–H and O–H groups in total. The van der Waals surface area contributed by atoms with Gasteiger partial charge in [0.2, 0.25) is 10.0 Å². The van der Waals surface area contributed by atoms with Gasteiger partial charge in [-0.15, -0.1) is 23.7 Å². The van der Waals surface area contributed by atoms with Crippen LogP contribution in [0.5, 0.6) is 0 Å². The van der Waals surface area contributed by atoms with E-state index in [4.69, 9.17) is 5.73 Å². The number of rotatable bonds is 10. The first kappa shape index (κ1) is 29.3. The van der Waals surface area contributed by atoms with Gasteiger partial charge in [0.25, 0.3) is 11.8 Å². The van der Waals surface area contributed by atoms with E-state index in [1.54, 1.807) is 0 Å². The van der Waals surface area contributed by atoms with Gasteiger partial charge in [-0.25, -0.2) is 8.42 Å². The predicted molar refractivity (Wildman–Crippen MR) is 143 cm³/mol. The molecule has 0 bridgehead atoms. The summed E-state index contributed by atoms with van der Waals surface area (Å²) in [6.07, 6.45) is 2.15. The monoisotopic (exact) mass is 542 g/mol. The number of hydrogen-bond acceptors (Lipinski definition) is 6. The van der Waals surface area contributed by atoms with E-state index < -0.39 is 21.8 Å². The van der Waals surface area contributed by atoms with Crippen LogP contribution in [-0.4, -0.2) is 55.1 Å². The summed E-state index contributed by atoms with van der Waals surface area (Å²) in [4.78, 5) is 28.7. The molecule has 8 nitrogen and oxygen atoms in total. The molecule has 3 rings (SSSR count). The summed E-state index contributed by atoms with van der Waals surface area (Å²) < 4.78 is 27.4. The Hall–Kier alpha value is -1.98. The number of nitrogens with zero attached hydrogens (tertiary/aromatic N) is 2. The first-order chi connectivity index (χ1) is 16.1. The molecule has 1 aromatic heterocycles. The van der Waals surface area contributed by atoms with Crippen LogP contribution < -0.4 is 11.1 Å². The first-order valence-electron chi connectivity index (χ1n) is 11.7. The summed E-state index contributed by atoms with van der Waals surface area (Å²) in [5.74, 6) is -0.969. The largest absolute Gasteiger partial charge is 0.365 e. The highest BCUT2D eigenvalue weighted by atomic mass is 35.5. The maximum atomic E-state index is 13.0. The van der Waals surface area contributed by atoms with Gasteiger partial charge in [0, 0.05) is 42.7 Å². The molecular formula is C24H35ClN4O4S2. The molecule has 194 valence electrons. The molecular weight excluding hydrogens is 508 g/mol. The van der Waals surface area contributed by atoms with Crippen LogP contribution in [0.2, 0.25) is 0 Å². The van der Waals surface area contributed by atoms with Gasteiger partial charge >= 0.3 is 0 Å². The van der Waals surface area contributed by atoms with Crippen LogP contribution in [0, 0.1) is 0 Å². The number of thiophene rings is 1. The lowest BCUT2D eigenvalue weighted by Gasteiger charge is -2.30. The Labute approximate surface area is 218 Å². The fraction of sp³-hybridized carbons (Fsp3) is 0.500. The Morgan fingerprint density at radius 2 is 1.74 bits per heavy atom. The molecule has 0 atom stereocenters. The number of carbonyl (C=O) groups is 2. The number of nitrogens with one attached hydrogen (secondary N) is 1. The molecule has 2 amide bonds. The van der Waals surface area contributed by atoms with Gasteiger partial charge in [0.1, 0.15) is 5.00 Å². The molecule has 2 aromatic rings. The Morgan fingerprint density at radius 1 is 1.14 bits per heavy atom. The smallest absolute Gasteiger partial charge is 0.256 e. The maximum Gasteiger partial charge on any atom is 0.256 e. The standard InChI is InChI=1S/C24H34N4O4S2.ClH/c1-5-12-28(13-6-2)34(31,32)18-9-7-17(8-10-18)23(30)26-24-21(22(25)29)19-11-14-27(16(3)4)15-20(19)33-24;/h7-10,16H,5-6,11-15H2,1-4H3,(H2,25,29)(H,26,30);1H. The second-order valence-corrected chi connectivity index (χ2v) is 11.8. The Balaban J connectivity index is 0.00000432. The number of fused-ring (bicyclic) bond motifs is 1. The fourth-order valence-corrected chi connectivity index (χ4v) is 7.06. The zero-order chi connectivity index (χ0) is 25.0. The average molecular weight is 543 g/mol. The Bertz CT molecular complexity index is 1140. The lowest BCUT2D eigenvalue weighted by Crippen LogP contribution is -2.35. The van der Waals surface area contributed by atoms with Crippen molar-refractivity contribution in [3.63, 3.8) is 0 Å². The van der Waals surface area contributed by atoms with E-state index in [1.165, 1.54) is 39.9 Å². The zero-order valence-electron chi connectivity index (χ0n) is 20.7. The molecule has 0 radical (unpaired) electrons. The van der Waals surface area contributed by atoms with Crippen molar-refractivity contribution >= 4 is 50.6 Å². The van der Waals surface area contributed by atoms with Gasteiger partial charge in [-0.2, -0.15) is 4.31 Å². The lowest BCUT2D eigenvalue weighted by atomic mass is 10.0. The van der Waals surface area contributed by atoms with Crippen LogP contribution in [0.3, 0.4) is 0 Å². The van der Waals surface area contributed by atoms with E-state index in [9.17, 15) is 18.0 Å². The number of nitrogens with two attached hydrogens (primary N) is 1. The van der Waals surface area contributed by atoms with Crippen molar-refractivity contribution in [2.24, 2.45) is 5.73 Å². The first-order valence-corrected chi connectivity index (χ1v) is 14.0. The summed E-state index contributed by atoms with van der Waals surface area (Å²) in [5, 5.41) is 3.28. The third-order valence-corrected chi connectivity index (χ3v) is 9.04. The molecule has 0 unspecified atom stereocenters. The third kappa shape index (κ3) is 6.42. The minimum absolute atomic E-state index is 0. The SMILES string of the molecule is CCCN(CCC)S(=O)(=O)c1ccc(C(=O)Nc2sc3c(c2C(N)=O)CCN(C(C)C)C3)cc1.Cl. The highest BCUT2D eigenvalue weighted by Gasteiger charge is 2.29. The number of halogens is 1. The van der Waals surface area contributed by atoms with E-state index in [-0.39, 0.29) is 17.3 Å². The zero-order valence-corrected chi connectivity index (χ0v) is 23.1. The number of primary amides is 1. The third-order valence-electron chi connectivity index (χ3n) is 5.99. The highest BCUT2D eigenvalue weighted by molar-refractivity contribution is 7.89. The highest BCUT2D eigenvalue weighted by Crippen LogP contribution is 2.37. The number of sulfonamides is 1. The molecule has 0 aliphatic carbocycles. The predicted octanol–water partition coefficient (Wildman–Crippen LogP) is 4.10. The van der Waals surface area contributed by atoms with Crippen LogP contribution in [0.1, 0.15) is 71.7 Å². The van der Waals surface area contributed by atoms with Crippen LogP contribution in [-0.2, 0) is 23.0 Å². The molecule has 1 aliphatic heterocycles. The minimum atomic E-state index is -3.62. The summed E-state index contributed by atoms with van der Waals surface area (Å²) in [5.41, 5.74) is 7.27. The van der Waals surface area contributed by atoms with Crippen molar-refractivity contribution in [1.82, 2.24) is 9.21 Å². The van der Waals surface area contributed by atoms with Crippen LogP contribution in [0.25, 0.3) is 0 Å². The number of hydrogen-bond donors (Lipinski definition) is 2. The normalized spacial score (nSPS) is 14.0. The molecule has 11 heteroatoms. The second kappa shape index (κ2) is 12.3. The lowest BCUT2D eigenvalue weighted by molar-refractivity contribution is 0.0999. The molecule has 2 heterocycles. The van der Waals surface area contributed by atoms with Gasteiger partial charge in [-0.3, -0.25) is 14.5 Å². The Morgan fingerprint density at radius 3 is 2.26 bits per heavy atom. The van der Waals surface area contributed by atoms with Crippen molar-refractivity contribution in [3.8, 4) is 0 Å². The van der Waals surface area contributed by atoms with Gasteiger partial charge in [-0.1, -0.05) is 13.8 Å². The molecule has 1 aliphatic rings. The minimum Gasteiger partial charge on any atom is -0.365 e. The van der Waals surface area contributed by atoms with Crippen molar-refractivity contribution in [1.29, 1.82) is 0 Å². The van der Waals surface area contributed by atoms with E-state index >= 15 is 0 Å². The molecule has 1 aromatic carbocycles. The molecule has 0 fully saturated rings. The number of carbonyl (C=O) groups excluding carboxylic acids is 2. The number of anilines is 1. The summed E-state index contributed by atoms with van der Waals surface area (Å²) >= 11 is 1.38. The van der Waals surface area contributed by atoms with Gasteiger partial charge in [0.05, 0.1) is 10.5 Å². The van der Waals surface area contributed by atoms with E-state index in [0.717, 1.165) is 29.8 Å². The maximum absolute atomic E-state index is 13.0. The summed E-state index contributed by atoms with van der Waals surface area (Å²) in [6, 6.07) is 6.28. The topological polar surface area (TPSA) is 113 Å². The van der Waals surface area contributed by atoms with Crippen LogP contribution in [0.15, 0.2) is 29.2 Å². The van der Waals surface area contributed by atoms with Crippen molar-refractivity contribution in [3.05, 3.63) is 45.8 Å². The molecule has 35 heavy (non-hydrogen) atoms. The van der Waals surface area contributed by atoms with Crippen molar-refractivity contribution < 1.29 is 18.0 Å².